The van der Waals surface area contributed by atoms with Gasteiger partial charge in [-0.15, -0.1) is 0 Å². The van der Waals surface area contributed by atoms with Crippen molar-refractivity contribution in [2.24, 2.45) is 5.92 Å². The van der Waals surface area contributed by atoms with E-state index in [1.54, 1.807) is 7.11 Å². The molecule has 0 bridgehead atoms. The van der Waals surface area contributed by atoms with Gasteiger partial charge in [-0.1, -0.05) is 13.8 Å². The van der Waals surface area contributed by atoms with Gasteiger partial charge in [0.15, 0.2) is 0 Å². The van der Waals surface area contributed by atoms with Gasteiger partial charge >= 0.3 is 0 Å². The van der Waals surface area contributed by atoms with Crippen LogP contribution in [0.15, 0.2) is 0 Å². The Kier molecular flexibility index (Phi) is 4.40. The largest absolute Gasteiger partial charge is 0.359 e. The van der Waals surface area contributed by atoms with Crippen LogP contribution in [0, 0.1) is 5.92 Å². The Morgan fingerprint density at radius 2 is 2.17 bits per heavy atom. The summed E-state index contributed by atoms with van der Waals surface area (Å²) in [6.07, 6.45) is 1.68. The SMILES string of the molecule is COCO[C@@H](C(C)C)[C@H]1CCS1. The summed E-state index contributed by atoms with van der Waals surface area (Å²) in [4.78, 5) is 0. The highest BCUT2D eigenvalue weighted by molar-refractivity contribution is 8.01. The first-order valence-electron chi connectivity index (χ1n) is 4.48. The maximum absolute atomic E-state index is 5.61. The smallest absolute Gasteiger partial charge is 0.146 e. The van der Waals surface area contributed by atoms with Crippen LogP contribution >= 0.6 is 11.8 Å². The average Bonchev–Trinajstić information content (AvgIpc) is 1.93. The molecule has 3 heteroatoms. The highest BCUT2D eigenvalue weighted by Gasteiger charge is 2.30. The molecule has 2 atom stereocenters. The van der Waals surface area contributed by atoms with Gasteiger partial charge in [0.1, 0.15) is 6.79 Å². The van der Waals surface area contributed by atoms with Gasteiger partial charge in [0, 0.05) is 12.4 Å². The number of thioether (sulfide) groups is 1. The molecular weight excluding hydrogens is 172 g/mol. The Labute approximate surface area is 79.0 Å². The van der Waals surface area contributed by atoms with Crippen molar-refractivity contribution >= 4 is 11.8 Å². The number of ether oxygens (including phenoxy) is 2. The molecule has 12 heavy (non-hydrogen) atoms. The summed E-state index contributed by atoms with van der Waals surface area (Å²) >= 11 is 2.01. The normalized spacial score (nSPS) is 25.5. The topological polar surface area (TPSA) is 18.5 Å². The number of methoxy groups -OCH3 is 1. The van der Waals surface area contributed by atoms with E-state index < -0.39 is 0 Å². The molecule has 1 fully saturated rings. The van der Waals surface area contributed by atoms with Crippen LogP contribution in [0.25, 0.3) is 0 Å². The lowest BCUT2D eigenvalue weighted by Gasteiger charge is -2.35. The molecule has 0 aromatic rings. The van der Waals surface area contributed by atoms with Crippen LogP contribution in [0.5, 0.6) is 0 Å². The molecule has 1 rings (SSSR count). The molecule has 72 valence electrons. The Balaban J connectivity index is 2.27. The Hall–Kier alpha value is 0.270. The lowest BCUT2D eigenvalue weighted by Crippen LogP contribution is -2.37. The molecule has 0 unspecified atom stereocenters. The second-order valence-corrected chi connectivity index (χ2v) is 4.83. The minimum Gasteiger partial charge on any atom is -0.359 e. The molecule has 0 aliphatic carbocycles. The van der Waals surface area contributed by atoms with Crippen LogP contribution in [0.3, 0.4) is 0 Å². The number of rotatable bonds is 5. The Bertz CT molecular complexity index is 124. The van der Waals surface area contributed by atoms with Crippen molar-refractivity contribution in [1.29, 1.82) is 0 Å². The first-order chi connectivity index (χ1) is 5.75. The fourth-order valence-electron chi connectivity index (χ4n) is 1.39. The van der Waals surface area contributed by atoms with E-state index in [0.717, 1.165) is 0 Å². The lowest BCUT2D eigenvalue weighted by molar-refractivity contribution is -0.0878. The molecule has 1 aliphatic rings. The van der Waals surface area contributed by atoms with Crippen LogP contribution in [-0.2, 0) is 9.47 Å². The summed E-state index contributed by atoms with van der Waals surface area (Å²) < 4.78 is 10.5. The predicted molar refractivity (Wildman–Crippen MR) is 52.5 cm³/mol. The minimum atomic E-state index is 0.378. The lowest BCUT2D eigenvalue weighted by atomic mass is 10.0. The number of hydrogen-bond acceptors (Lipinski definition) is 3. The minimum absolute atomic E-state index is 0.378. The summed E-state index contributed by atoms with van der Waals surface area (Å²) in [5.74, 6) is 1.89. The van der Waals surface area contributed by atoms with E-state index in [2.05, 4.69) is 13.8 Å². The number of hydrogen-bond donors (Lipinski definition) is 0. The van der Waals surface area contributed by atoms with E-state index in [4.69, 9.17) is 9.47 Å². The first kappa shape index (κ1) is 10.4. The van der Waals surface area contributed by atoms with Crippen LogP contribution < -0.4 is 0 Å². The summed E-state index contributed by atoms with van der Waals surface area (Å²) in [6.45, 7) is 4.85. The summed E-state index contributed by atoms with van der Waals surface area (Å²) in [5.41, 5.74) is 0. The molecule has 0 amide bonds. The fraction of sp³-hybridized carbons (Fsp3) is 1.00. The van der Waals surface area contributed by atoms with Crippen molar-refractivity contribution in [2.45, 2.75) is 31.6 Å². The second-order valence-electron chi connectivity index (χ2n) is 3.48. The Morgan fingerprint density at radius 3 is 2.50 bits per heavy atom. The summed E-state index contributed by atoms with van der Waals surface area (Å²) in [5, 5.41) is 0.708. The molecule has 2 nitrogen and oxygen atoms in total. The molecule has 0 aromatic carbocycles. The van der Waals surface area contributed by atoms with Crippen LogP contribution in [0.2, 0.25) is 0 Å². The van der Waals surface area contributed by atoms with Crippen LogP contribution in [0.4, 0.5) is 0 Å². The molecule has 1 heterocycles. The van der Waals surface area contributed by atoms with Gasteiger partial charge in [0.2, 0.25) is 0 Å². The van der Waals surface area contributed by atoms with Gasteiger partial charge in [-0.05, 0) is 18.1 Å². The molecule has 0 aromatic heterocycles. The van der Waals surface area contributed by atoms with Gasteiger partial charge in [-0.3, -0.25) is 0 Å². The maximum atomic E-state index is 5.61. The van der Waals surface area contributed by atoms with Gasteiger partial charge in [0.05, 0.1) is 6.10 Å². The zero-order valence-electron chi connectivity index (χ0n) is 8.08. The van der Waals surface area contributed by atoms with Crippen molar-refractivity contribution in [1.82, 2.24) is 0 Å². The summed E-state index contributed by atoms with van der Waals surface area (Å²) in [6, 6.07) is 0. The Morgan fingerprint density at radius 1 is 1.50 bits per heavy atom. The first-order valence-corrected chi connectivity index (χ1v) is 5.52. The van der Waals surface area contributed by atoms with Crippen molar-refractivity contribution in [3.05, 3.63) is 0 Å². The molecule has 1 saturated heterocycles. The maximum Gasteiger partial charge on any atom is 0.146 e. The van der Waals surface area contributed by atoms with Gasteiger partial charge in [-0.2, -0.15) is 11.8 Å². The second kappa shape index (κ2) is 5.10. The van der Waals surface area contributed by atoms with Gasteiger partial charge in [-0.25, -0.2) is 0 Å². The highest BCUT2D eigenvalue weighted by Crippen LogP contribution is 2.34. The highest BCUT2D eigenvalue weighted by atomic mass is 32.2. The van der Waals surface area contributed by atoms with Crippen molar-refractivity contribution in [3.63, 3.8) is 0 Å². The zero-order chi connectivity index (χ0) is 8.97. The van der Waals surface area contributed by atoms with Crippen molar-refractivity contribution in [3.8, 4) is 0 Å². The van der Waals surface area contributed by atoms with E-state index >= 15 is 0 Å². The monoisotopic (exact) mass is 190 g/mol. The molecular formula is C9H18O2S. The zero-order valence-corrected chi connectivity index (χ0v) is 8.89. The quantitative estimate of drug-likeness (QED) is 0.619. The van der Waals surface area contributed by atoms with E-state index in [0.29, 0.717) is 24.1 Å². The molecule has 0 spiro atoms. The molecule has 0 N–H and O–H groups in total. The van der Waals surface area contributed by atoms with Gasteiger partial charge in [0.25, 0.3) is 0 Å². The van der Waals surface area contributed by atoms with E-state index in [-0.39, 0.29) is 0 Å². The third-order valence-corrected chi connectivity index (χ3v) is 3.54. The van der Waals surface area contributed by atoms with E-state index in [9.17, 15) is 0 Å². The predicted octanol–water partition coefficient (Wildman–Crippen LogP) is 2.14. The third kappa shape index (κ3) is 2.64. The fourth-order valence-corrected chi connectivity index (χ4v) is 2.48. The van der Waals surface area contributed by atoms with Crippen molar-refractivity contribution < 1.29 is 9.47 Å². The van der Waals surface area contributed by atoms with Crippen LogP contribution in [-0.4, -0.2) is 31.0 Å². The average molecular weight is 190 g/mol. The summed E-state index contributed by atoms with van der Waals surface area (Å²) in [7, 11) is 1.67. The van der Waals surface area contributed by atoms with Crippen molar-refractivity contribution in [2.75, 3.05) is 19.7 Å². The van der Waals surface area contributed by atoms with E-state index in [1.807, 2.05) is 11.8 Å². The molecule has 1 aliphatic heterocycles. The third-order valence-electron chi connectivity index (χ3n) is 2.14. The van der Waals surface area contributed by atoms with Gasteiger partial charge < -0.3 is 9.47 Å². The van der Waals surface area contributed by atoms with Crippen LogP contribution in [0.1, 0.15) is 20.3 Å². The molecule has 0 radical (unpaired) electrons. The molecule has 0 saturated carbocycles. The standard InChI is InChI=1S/C9H18O2S/c1-7(2)9(11-6-10-3)8-4-5-12-8/h7-9H,4-6H2,1-3H3/t8-,9+/m1/s1. The van der Waals surface area contributed by atoms with E-state index in [1.165, 1.54) is 12.2 Å².